The van der Waals surface area contributed by atoms with Gasteiger partial charge >= 0.3 is 0 Å². The summed E-state index contributed by atoms with van der Waals surface area (Å²) in [7, 11) is 0. The van der Waals surface area contributed by atoms with E-state index in [2.05, 4.69) is 45.5 Å². The number of nitrogens with one attached hydrogen (secondary N) is 1. The van der Waals surface area contributed by atoms with Gasteiger partial charge in [-0.3, -0.25) is 0 Å². The maximum Gasteiger partial charge on any atom is 0.0207 e. The molecule has 0 aliphatic carbocycles. The lowest BCUT2D eigenvalue weighted by atomic mass is 9.98. The normalized spacial score (nSPS) is 22.2. The first-order chi connectivity index (χ1) is 6.86. The fourth-order valence-corrected chi connectivity index (χ4v) is 2.47. The maximum atomic E-state index is 3.60. The molecule has 0 radical (unpaired) electrons. The van der Waals surface area contributed by atoms with Crippen LogP contribution in [0.3, 0.4) is 0 Å². The molecule has 1 atom stereocenters. The van der Waals surface area contributed by atoms with Gasteiger partial charge in [0, 0.05) is 10.5 Å². The number of benzene rings is 1. The first-order valence-corrected chi connectivity index (χ1v) is 6.12. The Balaban J connectivity index is 1.99. The van der Waals surface area contributed by atoms with Crippen LogP contribution in [0.15, 0.2) is 28.7 Å². The second-order valence-corrected chi connectivity index (χ2v) is 4.80. The number of piperidine rings is 1. The quantitative estimate of drug-likeness (QED) is 0.854. The molecule has 1 aliphatic heterocycles. The Morgan fingerprint density at radius 3 is 2.86 bits per heavy atom. The van der Waals surface area contributed by atoms with Crippen LogP contribution in [0.4, 0.5) is 0 Å². The molecule has 1 aromatic carbocycles. The molecular weight excluding hydrogens is 238 g/mol. The van der Waals surface area contributed by atoms with Crippen LogP contribution in [0.2, 0.25) is 0 Å². The summed E-state index contributed by atoms with van der Waals surface area (Å²) in [5.74, 6) is 0. The largest absolute Gasteiger partial charge is 0.314 e. The van der Waals surface area contributed by atoms with Gasteiger partial charge in [-0.2, -0.15) is 0 Å². The van der Waals surface area contributed by atoms with E-state index in [1.807, 2.05) is 0 Å². The lowest BCUT2D eigenvalue weighted by molar-refractivity contribution is 0.399. The average molecular weight is 254 g/mol. The predicted octanol–water partition coefficient (Wildman–Crippen LogP) is 3.13. The van der Waals surface area contributed by atoms with Gasteiger partial charge in [0.2, 0.25) is 0 Å². The van der Waals surface area contributed by atoms with Crippen LogP contribution in [-0.4, -0.2) is 12.6 Å². The highest BCUT2D eigenvalue weighted by Gasteiger charge is 2.13. The van der Waals surface area contributed by atoms with Gasteiger partial charge in [-0.1, -0.05) is 40.5 Å². The van der Waals surface area contributed by atoms with Crippen LogP contribution in [-0.2, 0) is 6.42 Å². The van der Waals surface area contributed by atoms with Crippen molar-refractivity contribution in [3.05, 3.63) is 34.3 Å². The van der Waals surface area contributed by atoms with E-state index in [0.29, 0.717) is 6.04 Å². The van der Waals surface area contributed by atoms with Crippen LogP contribution in [0.1, 0.15) is 24.8 Å². The van der Waals surface area contributed by atoms with E-state index in [4.69, 9.17) is 0 Å². The molecule has 0 saturated carbocycles. The summed E-state index contributed by atoms with van der Waals surface area (Å²) in [4.78, 5) is 0. The molecular formula is C12H16BrN. The van der Waals surface area contributed by atoms with Crippen molar-refractivity contribution in [1.29, 1.82) is 0 Å². The second-order valence-electron chi connectivity index (χ2n) is 3.94. The molecule has 2 rings (SSSR count). The molecule has 1 fully saturated rings. The highest BCUT2D eigenvalue weighted by molar-refractivity contribution is 9.10. The van der Waals surface area contributed by atoms with Crippen LogP contribution < -0.4 is 5.32 Å². The van der Waals surface area contributed by atoms with E-state index in [0.717, 1.165) is 6.42 Å². The Kier molecular flexibility index (Phi) is 3.60. The number of hydrogen-bond acceptors (Lipinski definition) is 1. The molecule has 0 amide bonds. The van der Waals surface area contributed by atoms with Gasteiger partial charge in [-0.05, 0) is 37.4 Å². The molecule has 1 N–H and O–H groups in total. The zero-order valence-electron chi connectivity index (χ0n) is 8.30. The summed E-state index contributed by atoms with van der Waals surface area (Å²) < 4.78 is 1.24. The Labute approximate surface area is 94.0 Å². The third kappa shape index (κ3) is 2.58. The van der Waals surface area contributed by atoms with Gasteiger partial charge in [0.25, 0.3) is 0 Å². The minimum absolute atomic E-state index is 0.683. The van der Waals surface area contributed by atoms with Crippen LogP contribution in [0.25, 0.3) is 0 Å². The van der Waals surface area contributed by atoms with E-state index in [-0.39, 0.29) is 0 Å². The number of hydrogen-bond donors (Lipinski definition) is 1. The monoisotopic (exact) mass is 253 g/mol. The first-order valence-electron chi connectivity index (χ1n) is 5.33. The van der Waals surface area contributed by atoms with E-state index in [1.54, 1.807) is 0 Å². The average Bonchev–Trinajstić information content (AvgIpc) is 2.23. The van der Waals surface area contributed by atoms with Crippen molar-refractivity contribution in [3.63, 3.8) is 0 Å². The highest BCUT2D eigenvalue weighted by atomic mass is 79.9. The molecule has 76 valence electrons. The molecule has 1 unspecified atom stereocenters. The van der Waals surface area contributed by atoms with Crippen molar-refractivity contribution in [2.75, 3.05) is 6.54 Å². The van der Waals surface area contributed by atoms with Gasteiger partial charge in [0.1, 0.15) is 0 Å². The molecule has 1 nitrogen and oxygen atoms in total. The van der Waals surface area contributed by atoms with Gasteiger partial charge in [-0.25, -0.2) is 0 Å². The van der Waals surface area contributed by atoms with E-state index < -0.39 is 0 Å². The number of halogens is 1. The zero-order valence-corrected chi connectivity index (χ0v) is 9.89. The molecule has 2 heteroatoms. The first kappa shape index (κ1) is 10.2. The van der Waals surface area contributed by atoms with Crippen molar-refractivity contribution < 1.29 is 0 Å². The van der Waals surface area contributed by atoms with Crippen molar-refractivity contribution in [2.45, 2.75) is 31.7 Å². The zero-order chi connectivity index (χ0) is 9.80. The summed E-state index contributed by atoms with van der Waals surface area (Å²) >= 11 is 3.60. The molecule has 0 aromatic heterocycles. The minimum Gasteiger partial charge on any atom is -0.314 e. The molecule has 0 spiro atoms. The van der Waals surface area contributed by atoms with Gasteiger partial charge in [0.05, 0.1) is 0 Å². The summed E-state index contributed by atoms with van der Waals surface area (Å²) in [5, 5.41) is 3.57. The third-order valence-corrected chi connectivity index (χ3v) is 3.61. The molecule has 1 aromatic rings. The van der Waals surface area contributed by atoms with E-state index in [9.17, 15) is 0 Å². The summed E-state index contributed by atoms with van der Waals surface area (Å²) in [6, 6.07) is 9.20. The highest BCUT2D eigenvalue weighted by Crippen LogP contribution is 2.20. The van der Waals surface area contributed by atoms with Gasteiger partial charge in [-0.15, -0.1) is 0 Å². The lowest BCUT2D eigenvalue weighted by Gasteiger charge is -2.23. The smallest absolute Gasteiger partial charge is 0.0207 e. The Hall–Kier alpha value is -0.340. The Bertz CT molecular complexity index is 292. The fourth-order valence-electron chi connectivity index (χ4n) is 2.03. The van der Waals surface area contributed by atoms with Gasteiger partial charge < -0.3 is 5.32 Å². The summed E-state index contributed by atoms with van der Waals surface area (Å²) in [6.07, 6.45) is 5.19. The standard InChI is InChI=1S/C12H16BrN/c13-12-7-2-1-5-10(12)9-11-6-3-4-8-14-11/h1-2,5,7,11,14H,3-4,6,8-9H2. The molecule has 1 saturated heterocycles. The van der Waals surface area contributed by atoms with Crippen molar-refractivity contribution in [2.24, 2.45) is 0 Å². The van der Waals surface area contributed by atoms with Crippen LogP contribution >= 0.6 is 15.9 Å². The number of rotatable bonds is 2. The minimum atomic E-state index is 0.683. The van der Waals surface area contributed by atoms with Crippen molar-refractivity contribution in [1.82, 2.24) is 5.32 Å². The van der Waals surface area contributed by atoms with Crippen molar-refractivity contribution in [3.8, 4) is 0 Å². The molecule has 0 bridgehead atoms. The van der Waals surface area contributed by atoms with Crippen LogP contribution in [0, 0.1) is 0 Å². The second kappa shape index (κ2) is 4.94. The van der Waals surface area contributed by atoms with E-state index in [1.165, 1.54) is 35.8 Å². The molecule has 14 heavy (non-hydrogen) atoms. The maximum absolute atomic E-state index is 3.60. The van der Waals surface area contributed by atoms with Crippen molar-refractivity contribution >= 4 is 15.9 Å². The fraction of sp³-hybridized carbons (Fsp3) is 0.500. The predicted molar refractivity (Wildman–Crippen MR) is 63.5 cm³/mol. The van der Waals surface area contributed by atoms with Gasteiger partial charge in [0.15, 0.2) is 0 Å². The molecule has 1 heterocycles. The lowest BCUT2D eigenvalue weighted by Crippen LogP contribution is -2.35. The summed E-state index contributed by atoms with van der Waals surface area (Å²) in [5.41, 5.74) is 1.42. The molecule has 1 aliphatic rings. The SMILES string of the molecule is Brc1ccccc1CC1CCCCN1. The Morgan fingerprint density at radius 1 is 1.29 bits per heavy atom. The summed E-state index contributed by atoms with van der Waals surface area (Å²) in [6.45, 7) is 1.19. The Morgan fingerprint density at radius 2 is 2.14 bits per heavy atom. The third-order valence-electron chi connectivity index (χ3n) is 2.84. The van der Waals surface area contributed by atoms with Crippen LogP contribution in [0.5, 0.6) is 0 Å². The topological polar surface area (TPSA) is 12.0 Å². The van der Waals surface area contributed by atoms with E-state index >= 15 is 0 Å².